The van der Waals surface area contributed by atoms with Crippen LogP contribution in [0.5, 0.6) is 0 Å². The van der Waals surface area contributed by atoms with E-state index in [2.05, 4.69) is 20.3 Å². The molecule has 2 heterocycles. The largest absolute Gasteiger partial charge is 0.365 e. The molecule has 0 spiro atoms. The smallest absolute Gasteiger partial charge is 0.254 e. The maximum atomic E-state index is 11.2. The number of halogens is 1. The lowest BCUT2D eigenvalue weighted by Crippen LogP contribution is -2.16. The number of carbonyl (C=O) groups is 1. The van der Waals surface area contributed by atoms with Crippen molar-refractivity contribution in [3.05, 3.63) is 47.1 Å². The van der Waals surface area contributed by atoms with Crippen LogP contribution >= 0.6 is 11.6 Å². The minimum absolute atomic E-state index is 0.0497. The van der Waals surface area contributed by atoms with Crippen LogP contribution in [0.2, 0.25) is 5.28 Å². The lowest BCUT2D eigenvalue weighted by atomic mass is 10.2. The van der Waals surface area contributed by atoms with Gasteiger partial charge in [-0.25, -0.2) is 4.98 Å². The Morgan fingerprint density at radius 2 is 2.28 bits per heavy atom. The van der Waals surface area contributed by atoms with E-state index in [4.69, 9.17) is 17.3 Å². The van der Waals surface area contributed by atoms with Crippen molar-refractivity contribution in [3.8, 4) is 0 Å². The van der Waals surface area contributed by atoms with Gasteiger partial charge in [0, 0.05) is 25.1 Å². The summed E-state index contributed by atoms with van der Waals surface area (Å²) in [5.41, 5.74) is 6.36. The fourth-order valence-electron chi connectivity index (χ4n) is 1.36. The summed E-state index contributed by atoms with van der Waals surface area (Å²) in [5.74, 6) is -0.299. The number of aromatic nitrogens is 3. The van der Waals surface area contributed by atoms with E-state index in [0.717, 1.165) is 5.56 Å². The first-order valence-electron chi connectivity index (χ1n) is 5.12. The second-order valence-corrected chi connectivity index (χ2v) is 3.82. The fraction of sp³-hybridized carbons (Fsp3) is 0.0909. The third-order valence-electron chi connectivity index (χ3n) is 2.21. The van der Waals surface area contributed by atoms with Crippen molar-refractivity contribution in [2.75, 3.05) is 5.32 Å². The number of anilines is 1. The monoisotopic (exact) mass is 263 g/mol. The summed E-state index contributed by atoms with van der Waals surface area (Å²) < 4.78 is 0. The molecule has 3 N–H and O–H groups in total. The van der Waals surface area contributed by atoms with E-state index in [1.54, 1.807) is 12.4 Å². The summed E-state index contributed by atoms with van der Waals surface area (Å²) >= 11 is 5.68. The van der Waals surface area contributed by atoms with Gasteiger partial charge in [-0.2, -0.15) is 4.98 Å². The number of nitrogens with two attached hydrogens (primary N) is 1. The molecular formula is C11H10ClN5O. The van der Waals surface area contributed by atoms with Gasteiger partial charge in [0.15, 0.2) is 0 Å². The molecule has 2 rings (SSSR count). The van der Waals surface area contributed by atoms with Gasteiger partial charge < -0.3 is 11.1 Å². The Kier molecular flexibility index (Phi) is 3.69. The van der Waals surface area contributed by atoms with Gasteiger partial charge in [-0.05, 0) is 23.2 Å². The van der Waals surface area contributed by atoms with E-state index in [1.807, 2.05) is 12.1 Å². The minimum atomic E-state index is -0.611. The second kappa shape index (κ2) is 5.42. The number of hydrogen-bond acceptors (Lipinski definition) is 5. The molecule has 0 unspecified atom stereocenters. The first-order valence-corrected chi connectivity index (χ1v) is 5.49. The summed E-state index contributed by atoms with van der Waals surface area (Å²) in [6.45, 7) is 0.460. The third kappa shape index (κ3) is 2.92. The zero-order chi connectivity index (χ0) is 13.0. The Hall–Kier alpha value is -2.21. The third-order valence-corrected chi connectivity index (χ3v) is 2.39. The van der Waals surface area contributed by atoms with Gasteiger partial charge >= 0.3 is 0 Å². The van der Waals surface area contributed by atoms with Crippen molar-refractivity contribution in [2.45, 2.75) is 6.54 Å². The number of hydrogen-bond donors (Lipinski definition) is 2. The maximum absolute atomic E-state index is 11.2. The highest BCUT2D eigenvalue weighted by Crippen LogP contribution is 2.14. The summed E-state index contributed by atoms with van der Waals surface area (Å²) in [5, 5.41) is 3.03. The van der Waals surface area contributed by atoms with Crippen LogP contribution in [0.3, 0.4) is 0 Å². The van der Waals surface area contributed by atoms with Crippen LogP contribution in [-0.2, 0) is 6.54 Å². The summed E-state index contributed by atoms with van der Waals surface area (Å²) in [7, 11) is 0. The molecule has 0 saturated carbocycles. The van der Waals surface area contributed by atoms with Gasteiger partial charge in [0.25, 0.3) is 5.91 Å². The van der Waals surface area contributed by atoms with Crippen LogP contribution in [0.15, 0.2) is 30.7 Å². The van der Waals surface area contributed by atoms with E-state index in [0.29, 0.717) is 12.4 Å². The average molecular weight is 264 g/mol. The summed E-state index contributed by atoms with van der Waals surface area (Å²) in [4.78, 5) is 22.8. The molecule has 7 heteroatoms. The van der Waals surface area contributed by atoms with Crippen LogP contribution in [-0.4, -0.2) is 20.9 Å². The molecule has 0 saturated heterocycles. The van der Waals surface area contributed by atoms with Crippen LogP contribution in [0.25, 0.3) is 0 Å². The summed E-state index contributed by atoms with van der Waals surface area (Å²) in [6.07, 6.45) is 4.68. The molecule has 2 aromatic heterocycles. The molecule has 18 heavy (non-hydrogen) atoms. The number of nitrogens with zero attached hydrogens (tertiary/aromatic N) is 3. The number of amides is 1. The molecule has 0 atom stereocenters. The number of pyridine rings is 1. The molecule has 0 aliphatic rings. The van der Waals surface area contributed by atoms with Crippen LogP contribution < -0.4 is 11.1 Å². The molecule has 0 aromatic carbocycles. The zero-order valence-corrected chi connectivity index (χ0v) is 10.1. The van der Waals surface area contributed by atoms with Gasteiger partial charge in [0.1, 0.15) is 5.82 Å². The van der Waals surface area contributed by atoms with Gasteiger partial charge in [-0.1, -0.05) is 6.07 Å². The van der Waals surface area contributed by atoms with Crippen LogP contribution in [0.1, 0.15) is 15.9 Å². The van der Waals surface area contributed by atoms with Crippen LogP contribution in [0, 0.1) is 0 Å². The lowest BCUT2D eigenvalue weighted by Gasteiger charge is -2.08. The van der Waals surface area contributed by atoms with E-state index < -0.39 is 5.91 Å². The molecule has 0 aliphatic heterocycles. The highest BCUT2D eigenvalue weighted by Gasteiger charge is 2.11. The maximum Gasteiger partial charge on any atom is 0.254 e. The van der Waals surface area contributed by atoms with Crippen molar-refractivity contribution in [1.29, 1.82) is 0 Å². The molecule has 6 nitrogen and oxygen atoms in total. The highest BCUT2D eigenvalue weighted by atomic mass is 35.5. The fourth-order valence-corrected chi connectivity index (χ4v) is 1.50. The van der Waals surface area contributed by atoms with Crippen molar-refractivity contribution >= 4 is 23.3 Å². The Bertz CT molecular complexity index is 561. The predicted octanol–water partition coefficient (Wildman–Crippen LogP) is 1.24. The minimum Gasteiger partial charge on any atom is -0.365 e. The molecule has 2 aromatic rings. The number of carbonyl (C=O) groups excluding carboxylic acids is 1. The number of nitrogens with one attached hydrogen (secondary N) is 1. The highest BCUT2D eigenvalue weighted by molar-refractivity contribution is 6.28. The van der Waals surface area contributed by atoms with Crippen molar-refractivity contribution < 1.29 is 4.79 Å². The van der Waals surface area contributed by atoms with Crippen molar-refractivity contribution in [3.63, 3.8) is 0 Å². The normalized spacial score (nSPS) is 10.1. The quantitative estimate of drug-likeness (QED) is 0.810. The van der Waals surface area contributed by atoms with Gasteiger partial charge in [0.05, 0.1) is 5.56 Å². The van der Waals surface area contributed by atoms with Gasteiger partial charge in [0.2, 0.25) is 5.28 Å². The molecule has 0 bridgehead atoms. The molecule has 0 radical (unpaired) electrons. The van der Waals surface area contributed by atoms with E-state index >= 15 is 0 Å². The first-order chi connectivity index (χ1) is 8.66. The summed E-state index contributed by atoms with van der Waals surface area (Å²) in [6, 6.07) is 3.71. The number of rotatable bonds is 4. The topological polar surface area (TPSA) is 93.8 Å². The predicted molar refractivity (Wildman–Crippen MR) is 67.1 cm³/mol. The second-order valence-electron chi connectivity index (χ2n) is 3.48. The zero-order valence-electron chi connectivity index (χ0n) is 9.30. The molecular weight excluding hydrogens is 254 g/mol. The molecule has 92 valence electrons. The van der Waals surface area contributed by atoms with E-state index in [-0.39, 0.29) is 10.8 Å². The van der Waals surface area contributed by atoms with Crippen molar-refractivity contribution in [1.82, 2.24) is 15.0 Å². The molecule has 1 amide bonds. The molecule has 0 aliphatic carbocycles. The number of primary amides is 1. The molecule has 0 fully saturated rings. The lowest BCUT2D eigenvalue weighted by molar-refractivity contribution is 0.100. The Morgan fingerprint density at radius 1 is 1.44 bits per heavy atom. The Balaban J connectivity index is 2.18. The van der Waals surface area contributed by atoms with Crippen LogP contribution in [0.4, 0.5) is 5.82 Å². The van der Waals surface area contributed by atoms with Gasteiger partial charge in [-0.3, -0.25) is 9.78 Å². The van der Waals surface area contributed by atoms with E-state index in [1.165, 1.54) is 6.20 Å². The SMILES string of the molecule is NC(=O)c1cnc(Cl)nc1NCc1cccnc1. The average Bonchev–Trinajstić information content (AvgIpc) is 2.37. The Morgan fingerprint density at radius 3 is 2.94 bits per heavy atom. The van der Waals surface area contributed by atoms with Gasteiger partial charge in [-0.15, -0.1) is 0 Å². The van der Waals surface area contributed by atoms with Crippen molar-refractivity contribution in [2.24, 2.45) is 5.73 Å². The Labute approximate surface area is 108 Å². The van der Waals surface area contributed by atoms with E-state index in [9.17, 15) is 4.79 Å². The standard InChI is InChI=1S/C11H10ClN5O/c12-11-16-6-8(9(13)18)10(17-11)15-5-7-2-1-3-14-4-7/h1-4,6H,5H2,(H2,13,18)(H,15,16,17). The first kappa shape index (κ1) is 12.3.